The first-order chi connectivity index (χ1) is 15.5. The summed E-state index contributed by atoms with van der Waals surface area (Å²) in [5.41, 5.74) is -0.0656. The number of carbonyl (C=O) groups is 2. The Morgan fingerprint density at radius 1 is 1.09 bits per heavy atom. The highest BCUT2D eigenvalue weighted by molar-refractivity contribution is 6.00. The Balaban J connectivity index is 1.45. The zero-order valence-electron chi connectivity index (χ0n) is 19.5. The van der Waals surface area contributed by atoms with Crippen LogP contribution in [0.5, 0.6) is 0 Å². The van der Waals surface area contributed by atoms with E-state index in [4.69, 9.17) is 0 Å². The Kier molecular flexibility index (Phi) is 7.49. The Morgan fingerprint density at radius 2 is 1.81 bits per heavy atom. The molecule has 3 fully saturated rings. The molecule has 1 spiro atoms. The van der Waals surface area contributed by atoms with E-state index in [-0.39, 0.29) is 23.7 Å². The molecular formula is C26H38FN3O2. The number of hydrogen-bond donors (Lipinski definition) is 1. The molecule has 1 atom stereocenters. The largest absolute Gasteiger partial charge is 0.342 e. The van der Waals surface area contributed by atoms with Crippen molar-refractivity contribution in [3.8, 4) is 0 Å². The minimum Gasteiger partial charge on any atom is -0.342 e. The SMILES string of the molecule is CCCCN1C(=O)[C@H](CC2CCCCC2)NC(=O)C12CCN(Cc1ccccc1F)CC2. The molecule has 2 amide bonds. The Hall–Kier alpha value is -1.95. The van der Waals surface area contributed by atoms with Gasteiger partial charge in [0.25, 0.3) is 0 Å². The predicted molar refractivity (Wildman–Crippen MR) is 123 cm³/mol. The van der Waals surface area contributed by atoms with E-state index in [1.165, 1.54) is 38.2 Å². The Labute approximate surface area is 191 Å². The van der Waals surface area contributed by atoms with Crippen molar-refractivity contribution in [1.82, 2.24) is 15.1 Å². The quantitative estimate of drug-likeness (QED) is 0.685. The molecule has 0 aromatic heterocycles. The van der Waals surface area contributed by atoms with Gasteiger partial charge in [0, 0.05) is 31.7 Å². The van der Waals surface area contributed by atoms with E-state index in [0.29, 0.717) is 50.5 Å². The molecule has 3 aliphatic rings. The van der Waals surface area contributed by atoms with Crippen molar-refractivity contribution in [1.29, 1.82) is 0 Å². The van der Waals surface area contributed by atoms with Gasteiger partial charge in [0.2, 0.25) is 11.8 Å². The van der Waals surface area contributed by atoms with Gasteiger partial charge in [-0.2, -0.15) is 0 Å². The van der Waals surface area contributed by atoms with Gasteiger partial charge in [0.05, 0.1) is 0 Å². The topological polar surface area (TPSA) is 52.7 Å². The fourth-order valence-corrected chi connectivity index (χ4v) is 5.88. The zero-order chi connectivity index (χ0) is 22.6. The van der Waals surface area contributed by atoms with Crippen LogP contribution in [0.4, 0.5) is 4.39 Å². The number of nitrogens with one attached hydrogen (secondary N) is 1. The van der Waals surface area contributed by atoms with Gasteiger partial charge in [-0.25, -0.2) is 4.39 Å². The van der Waals surface area contributed by atoms with Gasteiger partial charge in [-0.15, -0.1) is 0 Å². The number of piperazine rings is 1. The van der Waals surface area contributed by atoms with E-state index < -0.39 is 5.54 Å². The van der Waals surface area contributed by atoms with E-state index >= 15 is 0 Å². The molecular weight excluding hydrogens is 405 g/mol. The van der Waals surface area contributed by atoms with E-state index in [0.717, 1.165) is 19.3 Å². The minimum absolute atomic E-state index is 0.0274. The van der Waals surface area contributed by atoms with Crippen LogP contribution in [-0.2, 0) is 16.1 Å². The van der Waals surface area contributed by atoms with Crippen LogP contribution >= 0.6 is 0 Å². The maximum absolute atomic E-state index is 14.1. The van der Waals surface area contributed by atoms with Gasteiger partial charge in [0.15, 0.2) is 0 Å². The molecule has 0 unspecified atom stereocenters. The predicted octanol–water partition coefficient (Wildman–Crippen LogP) is 4.26. The number of benzene rings is 1. The second-order valence-corrected chi connectivity index (χ2v) is 10.0. The van der Waals surface area contributed by atoms with Crippen molar-refractivity contribution in [2.75, 3.05) is 19.6 Å². The number of carbonyl (C=O) groups excluding carboxylic acids is 2. The summed E-state index contributed by atoms with van der Waals surface area (Å²) in [4.78, 5) is 31.2. The summed E-state index contributed by atoms with van der Waals surface area (Å²) >= 11 is 0. The summed E-state index contributed by atoms with van der Waals surface area (Å²) in [6, 6.07) is 6.50. The number of rotatable bonds is 7. The maximum Gasteiger partial charge on any atom is 0.246 e. The highest BCUT2D eigenvalue weighted by Gasteiger charge is 2.53. The number of unbranched alkanes of at least 4 members (excludes halogenated alkanes) is 1. The minimum atomic E-state index is -0.749. The first-order valence-electron chi connectivity index (χ1n) is 12.6. The van der Waals surface area contributed by atoms with Crippen LogP contribution < -0.4 is 5.32 Å². The van der Waals surface area contributed by atoms with Crippen LogP contribution in [0.25, 0.3) is 0 Å². The van der Waals surface area contributed by atoms with Gasteiger partial charge in [-0.05, 0) is 37.7 Å². The van der Waals surface area contributed by atoms with E-state index in [2.05, 4.69) is 17.1 Å². The standard InChI is InChI=1S/C26H38FN3O2/c1-2-3-15-30-24(31)23(18-20-9-5-4-6-10-20)28-25(32)26(30)13-16-29(17-14-26)19-21-11-7-8-12-22(21)27/h7-8,11-12,20,23H,2-6,9-10,13-19H2,1H3,(H,28,32)/t23-/m0/s1. The third kappa shape index (κ3) is 4.85. The van der Waals surface area contributed by atoms with Crippen LogP contribution in [0.3, 0.4) is 0 Å². The molecule has 176 valence electrons. The third-order valence-electron chi connectivity index (χ3n) is 7.87. The van der Waals surface area contributed by atoms with Crippen molar-refractivity contribution >= 4 is 11.8 Å². The van der Waals surface area contributed by atoms with E-state index in [1.54, 1.807) is 6.07 Å². The first kappa shape index (κ1) is 23.2. The van der Waals surface area contributed by atoms with Gasteiger partial charge in [0.1, 0.15) is 17.4 Å². The molecule has 1 aromatic carbocycles. The summed E-state index contributed by atoms with van der Waals surface area (Å²) in [6.07, 6.45) is 10.0. The number of hydrogen-bond acceptors (Lipinski definition) is 3. The maximum atomic E-state index is 14.1. The molecule has 1 saturated carbocycles. The van der Waals surface area contributed by atoms with Gasteiger partial charge in [-0.3, -0.25) is 14.5 Å². The molecule has 6 heteroatoms. The van der Waals surface area contributed by atoms with Crippen molar-refractivity contribution in [3.63, 3.8) is 0 Å². The average molecular weight is 444 g/mol. The van der Waals surface area contributed by atoms with Crippen LogP contribution in [0.15, 0.2) is 24.3 Å². The van der Waals surface area contributed by atoms with Crippen LogP contribution in [0.1, 0.15) is 76.7 Å². The molecule has 1 aliphatic carbocycles. The molecule has 0 radical (unpaired) electrons. The first-order valence-corrected chi connectivity index (χ1v) is 12.6. The number of halogens is 1. The van der Waals surface area contributed by atoms with Crippen LogP contribution in [0.2, 0.25) is 0 Å². The van der Waals surface area contributed by atoms with Gasteiger partial charge >= 0.3 is 0 Å². The molecule has 5 nitrogen and oxygen atoms in total. The van der Waals surface area contributed by atoms with Crippen molar-refractivity contribution in [2.24, 2.45) is 5.92 Å². The lowest BCUT2D eigenvalue weighted by atomic mass is 9.79. The van der Waals surface area contributed by atoms with Crippen LogP contribution in [0, 0.1) is 11.7 Å². The van der Waals surface area contributed by atoms with Gasteiger partial charge in [-0.1, -0.05) is 63.6 Å². The number of amides is 2. The molecule has 32 heavy (non-hydrogen) atoms. The molecule has 4 rings (SSSR count). The smallest absolute Gasteiger partial charge is 0.246 e. The zero-order valence-corrected chi connectivity index (χ0v) is 19.5. The van der Waals surface area contributed by atoms with E-state index in [9.17, 15) is 14.0 Å². The Morgan fingerprint density at radius 3 is 2.50 bits per heavy atom. The summed E-state index contributed by atoms with van der Waals surface area (Å²) in [5.74, 6) is 0.502. The molecule has 2 aliphatic heterocycles. The molecule has 1 N–H and O–H groups in total. The molecule has 2 heterocycles. The van der Waals surface area contributed by atoms with Crippen molar-refractivity contribution in [3.05, 3.63) is 35.6 Å². The van der Waals surface area contributed by atoms with Crippen molar-refractivity contribution in [2.45, 2.75) is 89.3 Å². The lowest BCUT2D eigenvalue weighted by molar-refractivity contribution is -0.162. The summed E-state index contributed by atoms with van der Waals surface area (Å²) in [5, 5.41) is 3.15. The van der Waals surface area contributed by atoms with Crippen molar-refractivity contribution < 1.29 is 14.0 Å². The molecule has 0 bridgehead atoms. The number of piperidine rings is 1. The second kappa shape index (κ2) is 10.3. The van der Waals surface area contributed by atoms with Crippen LogP contribution in [-0.4, -0.2) is 52.8 Å². The Bertz CT molecular complexity index is 800. The summed E-state index contributed by atoms with van der Waals surface area (Å²) in [7, 11) is 0. The monoisotopic (exact) mass is 443 g/mol. The lowest BCUT2D eigenvalue weighted by Gasteiger charge is -2.52. The molecule has 1 aromatic rings. The number of nitrogens with zero attached hydrogens (tertiary/aromatic N) is 2. The molecule has 2 saturated heterocycles. The lowest BCUT2D eigenvalue weighted by Crippen LogP contribution is -2.73. The summed E-state index contributed by atoms with van der Waals surface area (Å²) in [6.45, 7) is 4.68. The highest BCUT2D eigenvalue weighted by Crippen LogP contribution is 2.36. The normalized spacial score (nSPS) is 24.7. The fourth-order valence-electron chi connectivity index (χ4n) is 5.88. The third-order valence-corrected chi connectivity index (χ3v) is 7.87. The average Bonchev–Trinajstić information content (AvgIpc) is 2.81. The van der Waals surface area contributed by atoms with Gasteiger partial charge < -0.3 is 10.2 Å². The van der Waals surface area contributed by atoms with E-state index in [1.807, 2.05) is 17.0 Å². The summed E-state index contributed by atoms with van der Waals surface area (Å²) < 4.78 is 14.1. The number of likely N-dealkylation sites (tertiary alicyclic amines) is 1. The highest BCUT2D eigenvalue weighted by atomic mass is 19.1. The fraction of sp³-hybridized carbons (Fsp3) is 0.692. The second-order valence-electron chi connectivity index (χ2n) is 10.0.